The normalized spacial score (nSPS) is 24.5. The number of carbonyl (C=O) groups is 2. The van der Waals surface area contributed by atoms with Crippen molar-refractivity contribution in [1.29, 1.82) is 0 Å². The number of likely N-dealkylation sites (tertiary alicyclic amines) is 1. The first-order chi connectivity index (χ1) is 11.3. The largest absolute Gasteiger partial charge is 0.507 e. The Hall–Kier alpha value is -2.44. The van der Waals surface area contributed by atoms with Crippen LogP contribution in [0.5, 0.6) is 5.75 Å². The Balaban J connectivity index is 1.79. The molecular formula is C17H18F2N2O3. The molecule has 1 heterocycles. The number of anilines is 1. The molecule has 5 nitrogen and oxygen atoms in total. The van der Waals surface area contributed by atoms with Gasteiger partial charge >= 0.3 is 0 Å². The van der Waals surface area contributed by atoms with Gasteiger partial charge in [0.15, 0.2) is 0 Å². The molecule has 1 aromatic carbocycles. The zero-order valence-electron chi connectivity index (χ0n) is 13.0. The van der Waals surface area contributed by atoms with Gasteiger partial charge in [-0.2, -0.15) is 0 Å². The highest BCUT2D eigenvalue weighted by molar-refractivity contribution is 6.02. The average Bonchev–Trinajstić information content (AvgIpc) is 3.09. The summed E-state index contributed by atoms with van der Waals surface area (Å²) in [6.07, 6.45) is 1.36. The van der Waals surface area contributed by atoms with E-state index in [1.54, 1.807) is 0 Å². The van der Waals surface area contributed by atoms with Crippen molar-refractivity contribution in [3.05, 3.63) is 36.4 Å². The lowest BCUT2D eigenvalue weighted by atomic mass is 9.99. The minimum Gasteiger partial charge on any atom is -0.507 e. The quantitative estimate of drug-likeness (QED) is 0.658. The lowest BCUT2D eigenvalue weighted by Gasteiger charge is -2.21. The van der Waals surface area contributed by atoms with Crippen molar-refractivity contribution in [1.82, 2.24) is 4.90 Å². The van der Waals surface area contributed by atoms with E-state index < -0.39 is 23.7 Å². The molecular weight excluding hydrogens is 318 g/mol. The Kier molecular flexibility index (Phi) is 4.03. The first-order valence-electron chi connectivity index (χ1n) is 7.75. The SMILES string of the molecule is C=CC(=O)Nc1ccc(O)c(C(=O)N2C[C@@H]3CCC(F)(F)[C@@H]3C2)c1. The fourth-order valence-electron chi connectivity index (χ4n) is 3.52. The van der Waals surface area contributed by atoms with Gasteiger partial charge in [0.2, 0.25) is 5.91 Å². The molecule has 0 spiro atoms. The van der Waals surface area contributed by atoms with E-state index in [1.807, 2.05) is 0 Å². The first-order valence-corrected chi connectivity index (χ1v) is 7.75. The van der Waals surface area contributed by atoms with E-state index in [1.165, 1.54) is 23.1 Å². The van der Waals surface area contributed by atoms with Gasteiger partial charge < -0.3 is 15.3 Å². The summed E-state index contributed by atoms with van der Waals surface area (Å²) in [5.74, 6) is -4.95. The van der Waals surface area contributed by atoms with Crippen LogP contribution in [0.3, 0.4) is 0 Å². The number of fused-ring (bicyclic) bond motifs is 1. The smallest absolute Gasteiger partial charge is 0.257 e. The third-order valence-corrected chi connectivity index (χ3v) is 4.80. The molecule has 0 unspecified atom stereocenters. The minimum atomic E-state index is -2.73. The van der Waals surface area contributed by atoms with Gasteiger partial charge in [0, 0.05) is 31.1 Å². The molecule has 0 aromatic heterocycles. The number of aromatic hydroxyl groups is 1. The fraction of sp³-hybridized carbons (Fsp3) is 0.412. The topological polar surface area (TPSA) is 69.6 Å². The van der Waals surface area contributed by atoms with Gasteiger partial charge in [-0.15, -0.1) is 0 Å². The third-order valence-electron chi connectivity index (χ3n) is 4.80. The Morgan fingerprint density at radius 2 is 2.12 bits per heavy atom. The van der Waals surface area contributed by atoms with Gasteiger partial charge in [-0.05, 0) is 36.6 Å². The minimum absolute atomic E-state index is 0.0137. The number of halogens is 2. The number of hydrogen-bond acceptors (Lipinski definition) is 3. The molecule has 2 atom stereocenters. The number of carbonyl (C=O) groups excluding carboxylic acids is 2. The Bertz CT molecular complexity index is 705. The van der Waals surface area contributed by atoms with Crippen molar-refractivity contribution in [2.24, 2.45) is 11.8 Å². The maximum atomic E-state index is 13.8. The second-order valence-electron chi connectivity index (χ2n) is 6.30. The monoisotopic (exact) mass is 336 g/mol. The summed E-state index contributed by atoms with van der Waals surface area (Å²) in [4.78, 5) is 25.3. The lowest BCUT2D eigenvalue weighted by Crippen LogP contribution is -2.33. The summed E-state index contributed by atoms with van der Waals surface area (Å²) in [6.45, 7) is 3.58. The summed E-state index contributed by atoms with van der Waals surface area (Å²) in [5, 5.41) is 12.4. The van der Waals surface area contributed by atoms with E-state index >= 15 is 0 Å². The number of nitrogens with one attached hydrogen (secondary N) is 1. The summed E-state index contributed by atoms with van der Waals surface area (Å²) in [7, 11) is 0. The molecule has 1 aliphatic heterocycles. The van der Waals surface area contributed by atoms with Gasteiger partial charge in [0.25, 0.3) is 11.8 Å². The predicted octanol–water partition coefficient (Wildman–Crippen LogP) is 2.63. The molecule has 1 saturated carbocycles. The Morgan fingerprint density at radius 1 is 1.38 bits per heavy atom. The van der Waals surface area contributed by atoms with E-state index in [9.17, 15) is 23.5 Å². The second-order valence-corrected chi connectivity index (χ2v) is 6.30. The number of hydrogen-bond donors (Lipinski definition) is 2. The van der Waals surface area contributed by atoms with E-state index in [4.69, 9.17) is 0 Å². The number of rotatable bonds is 3. The van der Waals surface area contributed by atoms with Gasteiger partial charge in [-0.3, -0.25) is 9.59 Å². The maximum absolute atomic E-state index is 13.8. The van der Waals surface area contributed by atoms with Crippen LogP contribution in [0.25, 0.3) is 0 Å². The predicted molar refractivity (Wildman–Crippen MR) is 84.0 cm³/mol. The van der Waals surface area contributed by atoms with Crippen LogP contribution in [0.15, 0.2) is 30.9 Å². The highest BCUT2D eigenvalue weighted by atomic mass is 19.3. The number of alkyl halides is 2. The average molecular weight is 336 g/mol. The van der Waals surface area contributed by atoms with Crippen LogP contribution in [0, 0.1) is 11.8 Å². The van der Waals surface area contributed by atoms with Crippen molar-refractivity contribution in [2.45, 2.75) is 18.8 Å². The zero-order valence-corrected chi connectivity index (χ0v) is 13.0. The van der Waals surface area contributed by atoms with Crippen molar-refractivity contribution in [3.8, 4) is 5.75 Å². The standard InChI is InChI=1S/C17H18F2N2O3/c1-2-15(23)20-11-3-4-14(22)12(7-11)16(24)21-8-10-5-6-17(18,19)13(10)9-21/h2-4,7,10,13,22H,1,5-6,8-9H2,(H,20,23)/t10-,13+/m0/s1. The first kappa shape index (κ1) is 16.4. The van der Waals surface area contributed by atoms with E-state index in [0.717, 1.165) is 6.08 Å². The van der Waals surface area contributed by atoms with Gasteiger partial charge in [0.05, 0.1) is 5.56 Å². The van der Waals surface area contributed by atoms with Gasteiger partial charge in [-0.25, -0.2) is 8.78 Å². The number of nitrogens with zero attached hydrogens (tertiary/aromatic N) is 1. The number of phenolic OH excluding ortho intramolecular Hbond substituents is 1. The third kappa shape index (κ3) is 2.86. The molecule has 1 aliphatic carbocycles. The van der Waals surface area contributed by atoms with E-state index in [-0.39, 0.29) is 36.7 Å². The summed E-state index contributed by atoms with van der Waals surface area (Å²) in [6, 6.07) is 4.07. The Morgan fingerprint density at radius 3 is 2.79 bits per heavy atom. The van der Waals surface area contributed by atoms with Crippen LogP contribution in [0.2, 0.25) is 0 Å². The van der Waals surface area contributed by atoms with Crippen LogP contribution in [-0.4, -0.2) is 40.8 Å². The zero-order chi connectivity index (χ0) is 17.5. The van der Waals surface area contributed by atoms with Crippen LogP contribution in [-0.2, 0) is 4.79 Å². The van der Waals surface area contributed by atoms with Crippen LogP contribution in [0.1, 0.15) is 23.2 Å². The molecule has 0 bridgehead atoms. The van der Waals surface area contributed by atoms with Crippen LogP contribution in [0.4, 0.5) is 14.5 Å². The Labute approximate surface area is 138 Å². The van der Waals surface area contributed by atoms with Crippen LogP contribution < -0.4 is 5.32 Å². The highest BCUT2D eigenvalue weighted by Crippen LogP contribution is 2.48. The highest BCUT2D eigenvalue weighted by Gasteiger charge is 2.54. The van der Waals surface area contributed by atoms with Crippen LogP contribution >= 0.6 is 0 Å². The molecule has 1 saturated heterocycles. The second kappa shape index (κ2) is 5.89. The summed E-state index contributed by atoms with van der Waals surface area (Å²) >= 11 is 0. The summed E-state index contributed by atoms with van der Waals surface area (Å²) < 4.78 is 27.6. The molecule has 2 fully saturated rings. The molecule has 24 heavy (non-hydrogen) atoms. The molecule has 2 amide bonds. The van der Waals surface area contributed by atoms with Crippen molar-refractivity contribution in [3.63, 3.8) is 0 Å². The molecule has 128 valence electrons. The van der Waals surface area contributed by atoms with Crippen molar-refractivity contribution in [2.75, 3.05) is 18.4 Å². The van der Waals surface area contributed by atoms with Crippen molar-refractivity contribution >= 4 is 17.5 Å². The van der Waals surface area contributed by atoms with E-state index in [0.29, 0.717) is 12.1 Å². The summed E-state index contributed by atoms with van der Waals surface area (Å²) in [5.41, 5.74) is 0.311. The number of amides is 2. The number of phenols is 1. The molecule has 7 heteroatoms. The molecule has 2 aliphatic rings. The fourth-order valence-corrected chi connectivity index (χ4v) is 3.52. The molecule has 0 radical (unpaired) electrons. The van der Waals surface area contributed by atoms with Crippen molar-refractivity contribution < 1.29 is 23.5 Å². The molecule has 2 N–H and O–H groups in total. The lowest BCUT2D eigenvalue weighted by molar-refractivity contribution is -0.111. The molecule has 1 aromatic rings. The van der Waals surface area contributed by atoms with E-state index in [2.05, 4.69) is 11.9 Å². The van der Waals surface area contributed by atoms with Gasteiger partial charge in [0.1, 0.15) is 5.75 Å². The number of benzene rings is 1. The van der Waals surface area contributed by atoms with Gasteiger partial charge in [-0.1, -0.05) is 6.58 Å². The maximum Gasteiger partial charge on any atom is 0.257 e. The molecule has 3 rings (SSSR count).